The average Bonchev–Trinajstić information content (AvgIpc) is 2.40. The Morgan fingerprint density at radius 1 is 1.45 bits per heavy atom. The molecule has 0 radical (unpaired) electrons. The molecule has 0 aliphatic carbocycles. The molecule has 1 heterocycles. The molecular weight excluding hydrogens is 284 g/mol. The van der Waals surface area contributed by atoms with Crippen LogP contribution in [0.2, 0.25) is 0 Å². The van der Waals surface area contributed by atoms with Crippen LogP contribution in [-0.4, -0.2) is 36.2 Å². The highest BCUT2D eigenvalue weighted by molar-refractivity contribution is 5.94. The normalized spacial score (nSPS) is 20.2. The molecule has 6 heteroatoms. The van der Waals surface area contributed by atoms with Gasteiger partial charge in [0.2, 0.25) is 12.3 Å². The fourth-order valence-corrected chi connectivity index (χ4v) is 2.19. The molecule has 1 aromatic carbocycles. The molecule has 1 aliphatic rings. The van der Waals surface area contributed by atoms with Crippen molar-refractivity contribution in [3.05, 3.63) is 24.3 Å². The third-order valence-electron chi connectivity index (χ3n) is 3.24. The lowest BCUT2D eigenvalue weighted by Crippen LogP contribution is -2.43. The zero-order chi connectivity index (χ0) is 16.2. The Balaban J connectivity index is 1.92. The maximum absolute atomic E-state index is 12.3. The van der Waals surface area contributed by atoms with Gasteiger partial charge in [-0.05, 0) is 39.3 Å². The molecule has 2 rings (SSSR count). The van der Waals surface area contributed by atoms with Crippen molar-refractivity contribution in [1.29, 1.82) is 0 Å². The lowest BCUT2D eigenvalue weighted by molar-refractivity contribution is -0.182. The number of para-hydroxylation sites is 2. The summed E-state index contributed by atoms with van der Waals surface area (Å²) < 4.78 is 11.0. The molecule has 0 aromatic heterocycles. The van der Waals surface area contributed by atoms with Crippen molar-refractivity contribution < 1.29 is 19.4 Å². The highest BCUT2D eigenvalue weighted by Gasteiger charge is 2.24. The molecule has 0 saturated carbocycles. The molecule has 1 aromatic rings. The number of amides is 1. The first kappa shape index (κ1) is 16.7. The van der Waals surface area contributed by atoms with Gasteiger partial charge in [0, 0.05) is 6.54 Å². The number of ether oxygens (including phenoxy) is 2. The third kappa shape index (κ3) is 4.98. The first-order chi connectivity index (χ1) is 10.3. The summed E-state index contributed by atoms with van der Waals surface area (Å²) in [6.07, 6.45) is -0.540. The Labute approximate surface area is 130 Å². The summed E-state index contributed by atoms with van der Waals surface area (Å²) in [5.41, 5.74) is 0.209. The van der Waals surface area contributed by atoms with Gasteiger partial charge in [0.15, 0.2) is 0 Å². The summed E-state index contributed by atoms with van der Waals surface area (Å²) in [4.78, 5) is 12.3. The number of hydrogen-bond acceptors (Lipinski definition) is 5. The van der Waals surface area contributed by atoms with Crippen LogP contribution in [0.25, 0.3) is 0 Å². The topological polar surface area (TPSA) is 79.8 Å². The van der Waals surface area contributed by atoms with E-state index >= 15 is 0 Å². The number of rotatable bonds is 4. The van der Waals surface area contributed by atoms with E-state index in [-0.39, 0.29) is 11.8 Å². The SMILES string of the molecule is CC(C)(C)OC(O)NCC1CCOc2ccccc2NC1=O. The number of carbonyl (C=O) groups excluding carboxylic acids is 1. The minimum Gasteiger partial charge on any atom is -0.491 e. The second-order valence-corrected chi connectivity index (χ2v) is 6.31. The highest BCUT2D eigenvalue weighted by atomic mass is 16.6. The summed E-state index contributed by atoms with van der Waals surface area (Å²) in [7, 11) is 0. The Morgan fingerprint density at radius 2 is 2.18 bits per heavy atom. The second-order valence-electron chi connectivity index (χ2n) is 6.31. The van der Waals surface area contributed by atoms with Crippen LogP contribution in [-0.2, 0) is 9.53 Å². The Morgan fingerprint density at radius 3 is 2.91 bits per heavy atom. The first-order valence-corrected chi connectivity index (χ1v) is 7.47. The summed E-state index contributed by atoms with van der Waals surface area (Å²) in [5, 5.41) is 15.5. The number of fused-ring (bicyclic) bond motifs is 1. The quantitative estimate of drug-likeness (QED) is 0.738. The van der Waals surface area contributed by atoms with Crippen LogP contribution < -0.4 is 15.4 Å². The minimum absolute atomic E-state index is 0.0915. The molecule has 3 N–H and O–H groups in total. The smallest absolute Gasteiger partial charge is 0.229 e. The van der Waals surface area contributed by atoms with Crippen LogP contribution in [0.15, 0.2) is 24.3 Å². The maximum atomic E-state index is 12.3. The van der Waals surface area contributed by atoms with Crippen molar-refractivity contribution in [2.24, 2.45) is 5.92 Å². The fourth-order valence-electron chi connectivity index (χ4n) is 2.19. The molecule has 0 saturated heterocycles. The maximum Gasteiger partial charge on any atom is 0.229 e. The van der Waals surface area contributed by atoms with Crippen molar-refractivity contribution in [2.75, 3.05) is 18.5 Å². The summed E-state index contributed by atoms with van der Waals surface area (Å²) in [6.45, 7) is 6.32. The van der Waals surface area contributed by atoms with Crippen LogP contribution in [0, 0.1) is 5.92 Å². The minimum atomic E-state index is -1.11. The van der Waals surface area contributed by atoms with E-state index in [0.29, 0.717) is 31.0 Å². The van der Waals surface area contributed by atoms with Gasteiger partial charge in [-0.2, -0.15) is 0 Å². The molecule has 22 heavy (non-hydrogen) atoms. The van der Waals surface area contributed by atoms with E-state index in [1.807, 2.05) is 39.0 Å². The lowest BCUT2D eigenvalue weighted by Gasteiger charge is -2.27. The van der Waals surface area contributed by atoms with Gasteiger partial charge in [0.25, 0.3) is 0 Å². The standard InChI is InChI=1S/C16H24N2O4/c1-16(2,3)22-15(20)17-10-11-8-9-21-13-7-5-4-6-12(13)18-14(11)19/h4-7,11,15,17,20H,8-10H2,1-3H3,(H,18,19). The van der Waals surface area contributed by atoms with Gasteiger partial charge in [0.1, 0.15) is 5.75 Å². The van der Waals surface area contributed by atoms with Crippen molar-refractivity contribution in [3.63, 3.8) is 0 Å². The van der Waals surface area contributed by atoms with E-state index in [2.05, 4.69) is 10.6 Å². The fraction of sp³-hybridized carbons (Fsp3) is 0.562. The van der Waals surface area contributed by atoms with E-state index in [9.17, 15) is 9.90 Å². The third-order valence-corrected chi connectivity index (χ3v) is 3.24. The summed E-state index contributed by atoms with van der Waals surface area (Å²) in [5.74, 6) is 0.288. The first-order valence-electron chi connectivity index (χ1n) is 7.47. The molecule has 2 unspecified atom stereocenters. The molecule has 0 bridgehead atoms. The Hall–Kier alpha value is -1.63. The number of aliphatic hydroxyl groups excluding tert-OH is 1. The van der Waals surface area contributed by atoms with Crippen LogP contribution in [0.3, 0.4) is 0 Å². The van der Waals surface area contributed by atoms with E-state index in [4.69, 9.17) is 9.47 Å². The largest absolute Gasteiger partial charge is 0.491 e. The van der Waals surface area contributed by atoms with Gasteiger partial charge >= 0.3 is 0 Å². The van der Waals surface area contributed by atoms with Crippen molar-refractivity contribution in [3.8, 4) is 5.75 Å². The predicted molar refractivity (Wildman–Crippen MR) is 83.5 cm³/mol. The number of aliphatic hydroxyl groups is 1. The molecule has 0 spiro atoms. The van der Waals surface area contributed by atoms with Gasteiger partial charge < -0.3 is 19.9 Å². The Kier molecular flexibility index (Phi) is 5.39. The molecule has 6 nitrogen and oxygen atoms in total. The van der Waals surface area contributed by atoms with E-state index in [1.165, 1.54) is 0 Å². The number of carbonyl (C=O) groups is 1. The average molecular weight is 308 g/mol. The highest BCUT2D eigenvalue weighted by Crippen LogP contribution is 2.26. The van der Waals surface area contributed by atoms with E-state index in [0.717, 1.165) is 0 Å². The molecule has 1 aliphatic heterocycles. The van der Waals surface area contributed by atoms with E-state index < -0.39 is 12.0 Å². The van der Waals surface area contributed by atoms with Crippen LogP contribution in [0.1, 0.15) is 27.2 Å². The molecule has 2 atom stereocenters. The zero-order valence-corrected chi connectivity index (χ0v) is 13.3. The zero-order valence-electron chi connectivity index (χ0n) is 13.3. The number of hydrogen-bond donors (Lipinski definition) is 3. The molecular formula is C16H24N2O4. The van der Waals surface area contributed by atoms with Gasteiger partial charge in [-0.1, -0.05) is 12.1 Å². The van der Waals surface area contributed by atoms with Gasteiger partial charge in [-0.25, -0.2) is 0 Å². The van der Waals surface area contributed by atoms with Gasteiger partial charge in [0.05, 0.1) is 23.8 Å². The van der Waals surface area contributed by atoms with Crippen LogP contribution in [0.5, 0.6) is 5.75 Å². The molecule has 122 valence electrons. The molecule has 0 fully saturated rings. The van der Waals surface area contributed by atoms with Gasteiger partial charge in [-0.15, -0.1) is 0 Å². The van der Waals surface area contributed by atoms with Crippen molar-refractivity contribution in [2.45, 2.75) is 39.2 Å². The summed E-state index contributed by atoms with van der Waals surface area (Å²) >= 11 is 0. The van der Waals surface area contributed by atoms with E-state index in [1.54, 1.807) is 6.07 Å². The summed E-state index contributed by atoms with van der Waals surface area (Å²) in [6, 6.07) is 7.35. The van der Waals surface area contributed by atoms with Crippen LogP contribution in [0.4, 0.5) is 5.69 Å². The molecule has 1 amide bonds. The van der Waals surface area contributed by atoms with Crippen molar-refractivity contribution >= 4 is 11.6 Å². The van der Waals surface area contributed by atoms with Gasteiger partial charge in [-0.3, -0.25) is 10.1 Å². The lowest BCUT2D eigenvalue weighted by atomic mass is 10.0. The number of anilines is 1. The number of nitrogens with one attached hydrogen (secondary N) is 2. The monoisotopic (exact) mass is 308 g/mol. The number of benzene rings is 1. The predicted octanol–water partition coefficient (Wildman–Crippen LogP) is 1.70. The van der Waals surface area contributed by atoms with Crippen molar-refractivity contribution in [1.82, 2.24) is 5.32 Å². The Bertz CT molecular complexity index is 513. The second kappa shape index (κ2) is 7.09. The van der Waals surface area contributed by atoms with Crippen LogP contribution >= 0.6 is 0 Å².